The van der Waals surface area contributed by atoms with Gasteiger partial charge in [-0.2, -0.15) is 0 Å². The summed E-state index contributed by atoms with van der Waals surface area (Å²) in [6.07, 6.45) is 3.93. The number of aromatic nitrogens is 2. The van der Waals surface area contributed by atoms with Crippen molar-refractivity contribution < 1.29 is 4.79 Å². The molecule has 1 unspecified atom stereocenters. The molecule has 166 valence electrons. The third-order valence-corrected chi connectivity index (χ3v) is 6.85. The van der Waals surface area contributed by atoms with Crippen LogP contribution < -0.4 is 5.32 Å². The van der Waals surface area contributed by atoms with E-state index >= 15 is 0 Å². The van der Waals surface area contributed by atoms with Crippen LogP contribution in [0.25, 0.3) is 0 Å². The first-order valence-electron chi connectivity index (χ1n) is 11.1. The second-order valence-corrected chi connectivity index (χ2v) is 9.11. The Morgan fingerprint density at radius 3 is 2.70 bits per heavy atom. The molecule has 1 amide bonds. The number of hydrogen-bond acceptors (Lipinski definition) is 4. The zero-order valence-electron chi connectivity index (χ0n) is 18.3. The Morgan fingerprint density at radius 2 is 1.85 bits per heavy atom. The SMILES string of the molecule is O=C(CN1CCn2cccc2C1c1ccccc1)Nc1cccc(CSc2ccccn2)c1. The summed E-state index contributed by atoms with van der Waals surface area (Å²) in [4.78, 5) is 19.6. The second kappa shape index (κ2) is 10.1. The fraction of sp³-hybridized carbons (Fsp3) is 0.185. The number of carbonyl (C=O) groups excluding carboxylic acids is 1. The molecule has 6 heteroatoms. The lowest BCUT2D eigenvalue weighted by molar-refractivity contribution is -0.117. The van der Waals surface area contributed by atoms with Crippen LogP contribution in [0, 0.1) is 0 Å². The zero-order chi connectivity index (χ0) is 22.5. The maximum Gasteiger partial charge on any atom is 0.238 e. The van der Waals surface area contributed by atoms with Crippen LogP contribution in [0.1, 0.15) is 22.9 Å². The molecule has 5 nitrogen and oxygen atoms in total. The van der Waals surface area contributed by atoms with Gasteiger partial charge in [0.2, 0.25) is 5.91 Å². The van der Waals surface area contributed by atoms with E-state index in [-0.39, 0.29) is 11.9 Å². The number of nitrogens with one attached hydrogen (secondary N) is 1. The zero-order valence-corrected chi connectivity index (χ0v) is 19.1. The number of amides is 1. The Labute approximate surface area is 198 Å². The van der Waals surface area contributed by atoms with Crippen molar-refractivity contribution in [1.82, 2.24) is 14.5 Å². The van der Waals surface area contributed by atoms with Gasteiger partial charge in [-0.05, 0) is 47.5 Å². The lowest BCUT2D eigenvalue weighted by Gasteiger charge is -2.36. The molecule has 1 atom stereocenters. The van der Waals surface area contributed by atoms with Gasteiger partial charge in [-0.3, -0.25) is 9.69 Å². The lowest BCUT2D eigenvalue weighted by Crippen LogP contribution is -2.42. The molecule has 0 fully saturated rings. The van der Waals surface area contributed by atoms with Crippen molar-refractivity contribution in [1.29, 1.82) is 0 Å². The first-order chi connectivity index (χ1) is 16.3. The van der Waals surface area contributed by atoms with Crippen LogP contribution in [0.4, 0.5) is 5.69 Å². The molecule has 2 aromatic carbocycles. The standard InChI is InChI=1S/C27H26N4OS/c32-25(29-23-11-6-8-21(18-23)20-33-26-13-4-5-14-28-26)19-31-17-16-30-15-7-12-24(30)27(31)22-9-2-1-3-10-22/h1-15,18,27H,16-17,19-20H2,(H,29,32). The molecule has 33 heavy (non-hydrogen) atoms. The summed E-state index contributed by atoms with van der Waals surface area (Å²) >= 11 is 1.69. The van der Waals surface area contributed by atoms with Crippen molar-refractivity contribution in [2.24, 2.45) is 0 Å². The van der Waals surface area contributed by atoms with Crippen LogP contribution in [0.15, 0.2) is 102 Å². The number of benzene rings is 2. The highest BCUT2D eigenvalue weighted by Gasteiger charge is 2.29. The molecule has 0 saturated carbocycles. The molecule has 3 heterocycles. The quantitative estimate of drug-likeness (QED) is 0.389. The number of pyridine rings is 1. The Morgan fingerprint density at radius 1 is 0.970 bits per heavy atom. The average Bonchev–Trinajstić information content (AvgIpc) is 3.33. The van der Waals surface area contributed by atoms with Crippen molar-refractivity contribution >= 4 is 23.4 Å². The Hall–Kier alpha value is -3.35. The number of anilines is 1. The molecular formula is C27H26N4OS. The fourth-order valence-electron chi connectivity index (χ4n) is 4.33. The van der Waals surface area contributed by atoms with E-state index in [4.69, 9.17) is 0 Å². The average molecular weight is 455 g/mol. The minimum atomic E-state index is 0.00506. The maximum absolute atomic E-state index is 13.0. The van der Waals surface area contributed by atoms with E-state index in [0.29, 0.717) is 6.54 Å². The fourth-order valence-corrected chi connectivity index (χ4v) is 5.14. The predicted octanol–water partition coefficient (Wildman–Crippen LogP) is 5.22. The summed E-state index contributed by atoms with van der Waals surface area (Å²) in [5, 5.41) is 4.10. The molecule has 1 N–H and O–H groups in total. The number of thioether (sulfide) groups is 1. The van der Waals surface area contributed by atoms with Gasteiger partial charge in [0.1, 0.15) is 0 Å². The van der Waals surface area contributed by atoms with Gasteiger partial charge in [-0.25, -0.2) is 4.98 Å². The number of fused-ring (bicyclic) bond motifs is 1. The van der Waals surface area contributed by atoms with Crippen molar-refractivity contribution in [3.63, 3.8) is 0 Å². The van der Waals surface area contributed by atoms with Gasteiger partial charge in [0.05, 0.1) is 17.6 Å². The van der Waals surface area contributed by atoms with Crippen molar-refractivity contribution in [3.05, 3.63) is 114 Å². The maximum atomic E-state index is 13.0. The van der Waals surface area contributed by atoms with Gasteiger partial charge < -0.3 is 9.88 Å². The number of carbonyl (C=O) groups is 1. The van der Waals surface area contributed by atoms with Crippen LogP contribution in [0.3, 0.4) is 0 Å². The first kappa shape index (κ1) is 21.5. The Bertz CT molecular complexity index is 1210. The van der Waals surface area contributed by atoms with Gasteiger partial charge >= 0.3 is 0 Å². The summed E-state index contributed by atoms with van der Waals surface area (Å²) in [6, 6.07) is 28.7. The van der Waals surface area contributed by atoms with E-state index in [0.717, 1.165) is 35.1 Å². The van der Waals surface area contributed by atoms with E-state index < -0.39 is 0 Å². The summed E-state index contributed by atoms with van der Waals surface area (Å²) in [5.74, 6) is 0.811. The molecule has 5 rings (SSSR count). The summed E-state index contributed by atoms with van der Waals surface area (Å²) in [5.41, 5.74) is 4.42. The first-order valence-corrected chi connectivity index (χ1v) is 12.1. The lowest BCUT2D eigenvalue weighted by atomic mass is 10.00. The number of nitrogens with zero attached hydrogens (tertiary/aromatic N) is 3. The van der Waals surface area contributed by atoms with Crippen LogP contribution >= 0.6 is 11.8 Å². The van der Waals surface area contributed by atoms with Crippen molar-refractivity contribution in [3.8, 4) is 0 Å². The van der Waals surface area contributed by atoms with E-state index in [9.17, 15) is 4.79 Å². The normalized spacial score (nSPS) is 15.7. The van der Waals surface area contributed by atoms with E-state index in [1.165, 1.54) is 11.3 Å². The second-order valence-electron chi connectivity index (χ2n) is 8.12. The molecule has 2 aromatic heterocycles. The monoisotopic (exact) mass is 454 g/mol. The molecule has 1 aliphatic rings. The summed E-state index contributed by atoms with van der Waals surface area (Å²) < 4.78 is 2.29. The molecule has 0 aliphatic carbocycles. The minimum absolute atomic E-state index is 0.00506. The molecule has 0 radical (unpaired) electrons. The highest BCUT2D eigenvalue weighted by molar-refractivity contribution is 7.98. The Balaban J connectivity index is 1.26. The third-order valence-electron chi connectivity index (χ3n) is 5.84. The van der Waals surface area contributed by atoms with Crippen LogP contribution in [0.2, 0.25) is 0 Å². The Kier molecular flexibility index (Phi) is 6.56. The molecule has 0 spiro atoms. The number of rotatable bonds is 7. The molecule has 0 saturated heterocycles. The predicted molar refractivity (Wildman–Crippen MR) is 133 cm³/mol. The minimum Gasteiger partial charge on any atom is -0.348 e. The van der Waals surface area contributed by atoms with E-state index in [1.54, 1.807) is 18.0 Å². The van der Waals surface area contributed by atoms with Gasteiger partial charge in [-0.1, -0.05) is 48.5 Å². The highest BCUT2D eigenvalue weighted by Crippen LogP contribution is 2.32. The molecule has 0 bridgehead atoms. The topological polar surface area (TPSA) is 50.2 Å². The molecule has 1 aliphatic heterocycles. The van der Waals surface area contributed by atoms with Gasteiger partial charge in [-0.15, -0.1) is 11.8 Å². The van der Waals surface area contributed by atoms with Gasteiger partial charge in [0.25, 0.3) is 0 Å². The molecule has 4 aromatic rings. The van der Waals surface area contributed by atoms with Crippen LogP contribution in [-0.4, -0.2) is 33.4 Å². The van der Waals surface area contributed by atoms with E-state index in [1.807, 2.05) is 42.5 Å². The number of hydrogen-bond donors (Lipinski definition) is 1. The largest absolute Gasteiger partial charge is 0.348 e. The van der Waals surface area contributed by atoms with Crippen molar-refractivity contribution in [2.75, 3.05) is 18.4 Å². The van der Waals surface area contributed by atoms with E-state index in [2.05, 4.69) is 68.4 Å². The highest BCUT2D eigenvalue weighted by atomic mass is 32.2. The van der Waals surface area contributed by atoms with Gasteiger partial charge in [0, 0.05) is 42.6 Å². The third kappa shape index (κ3) is 5.18. The molecular weight excluding hydrogens is 428 g/mol. The summed E-state index contributed by atoms with van der Waals surface area (Å²) in [6.45, 7) is 2.06. The van der Waals surface area contributed by atoms with Crippen LogP contribution in [0.5, 0.6) is 0 Å². The smallest absolute Gasteiger partial charge is 0.238 e. The van der Waals surface area contributed by atoms with Crippen molar-refractivity contribution in [2.45, 2.75) is 23.4 Å². The van der Waals surface area contributed by atoms with Crippen LogP contribution in [-0.2, 0) is 17.1 Å². The summed E-state index contributed by atoms with van der Waals surface area (Å²) in [7, 11) is 0. The van der Waals surface area contributed by atoms with Gasteiger partial charge in [0.15, 0.2) is 0 Å².